The van der Waals surface area contributed by atoms with Crippen molar-refractivity contribution in [1.29, 1.82) is 0 Å². The van der Waals surface area contributed by atoms with E-state index in [9.17, 15) is 14.0 Å². The average molecular weight is 363 g/mol. The average Bonchev–Trinajstić information content (AvgIpc) is 3.03. The summed E-state index contributed by atoms with van der Waals surface area (Å²) in [6, 6.07) is 13.1. The van der Waals surface area contributed by atoms with Crippen LogP contribution in [0.2, 0.25) is 0 Å². The number of carbonyl (C=O) groups excluding carboxylic acids is 2. The molecule has 27 heavy (non-hydrogen) atoms. The van der Waals surface area contributed by atoms with Crippen molar-refractivity contribution in [1.82, 2.24) is 9.78 Å². The van der Waals surface area contributed by atoms with Crippen LogP contribution in [0.15, 0.2) is 60.8 Å². The molecule has 1 N–H and O–H groups in total. The number of aromatic nitrogens is 2. The van der Waals surface area contributed by atoms with Crippen molar-refractivity contribution in [3.63, 3.8) is 0 Å². The lowest BCUT2D eigenvalue weighted by molar-refractivity contribution is -0.114. The van der Waals surface area contributed by atoms with E-state index >= 15 is 0 Å². The van der Waals surface area contributed by atoms with Crippen molar-refractivity contribution in [3.05, 3.63) is 83.4 Å². The van der Waals surface area contributed by atoms with Crippen LogP contribution in [0.3, 0.4) is 0 Å². The van der Waals surface area contributed by atoms with Crippen LogP contribution in [0.5, 0.6) is 0 Å². The zero-order chi connectivity index (χ0) is 19.4. The molecule has 0 saturated carbocycles. The molecule has 1 heterocycles. The van der Waals surface area contributed by atoms with Gasteiger partial charge in [-0.2, -0.15) is 5.10 Å². The number of halogens is 1. The Hall–Kier alpha value is -3.54. The first kappa shape index (κ1) is 18.3. The summed E-state index contributed by atoms with van der Waals surface area (Å²) < 4.78 is 14.7. The minimum absolute atomic E-state index is 0.137. The van der Waals surface area contributed by atoms with Crippen LogP contribution in [0, 0.1) is 12.7 Å². The van der Waals surface area contributed by atoms with E-state index in [0.29, 0.717) is 22.6 Å². The van der Waals surface area contributed by atoms with E-state index in [2.05, 4.69) is 10.4 Å². The van der Waals surface area contributed by atoms with E-state index in [0.717, 1.165) is 5.56 Å². The van der Waals surface area contributed by atoms with Gasteiger partial charge in [0.15, 0.2) is 5.78 Å². The number of anilines is 1. The summed E-state index contributed by atoms with van der Waals surface area (Å²) in [6.45, 7) is 3.24. The van der Waals surface area contributed by atoms with Gasteiger partial charge < -0.3 is 5.32 Å². The highest BCUT2D eigenvalue weighted by Gasteiger charge is 2.13. The zero-order valence-electron chi connectivity index (χ0n) is 14.9. The van der Waals surface area contributed by atoms with Crippen LogP contribution in [-0.4, -0.2) is 21.5 Å². The Kier molecular flexibility index (Phi) is 5.26. The Morgan fingerprint density at radius 2 is 1.74 bits per heavy atom. The quantitative estimate of drug-likeness (QED) is 0.546. The maximum atomic E-state index is 13.1. The highest BCUT2D eigenvalue weighted by Crippen LogP contribution is 2.16. The van der Waals surface area contributed by atoms with Gasteiger partial charge in [0.05, 0.1) is 23.1 Å². The molecule has 0 saturated heterocycles. The molecule has 3 rings (SSSR count). The Morgan fingerprint density at radius 1 is 1.07 bits per heavy atom. The van der Waals surface area contributed by atoms with Crippen molar-refractivity contribution < 1.29 is 14.0 Å². The third-order valence-corrected chi connectivity index (χ3v) is 4.00. The largest absolute Gasteiger partial charge is 0.326 e. The fourth-order valence-electron chi connectivity index (χ4n) is 2.64. The first-order chi connectivity index (χ1) is 12.9. The summed E-state index contributed by atoms with van der Waals surface area (Å²) in [6.07, 6.45) is 4.69. The lowest BCUT2D eigenvalue weighted by Crippen LogP contribution is -2.05. The van der Waals surface area contributed by atoms with Crippen LogP contribution in [-0.2, 0) is 4.79 Å². The monoisotopic (exact) mass is 363 g/mol. The maximum absolute atomic E-state index is 13.1. The molecular weight excluding hydrogens is 345 g/mol. The first-order valence-electron chi connectivity index (χ1n) is 8.34. The molecule has 0 radical (unpaired) electrons. The van der Waals surface area contributed by atoms with E-state index in [1.807, 2.05) is 12.1 Å². The second-order valence-corrected chi connectivity index (χ2v) is 6.03. The van der Waals surface area contributed by atoms with Crippen LogP contribution in [0.25, 0.3) is 11.8 Å². The second kappa shape index (κ2) is 7.78. The molecule has 0 bridgehead atoms. The predicted molar refractivity (Wildman–Crippen MR) is 102 cm³/mol. The van der Waals surface area contributed by atoms with Gasteiger partial charge in [-0.1, -0.05) is 18.2 Å². The highest BCUT2D eigenvalue weighted by molar-refractivity contribution is 6.07. The SMILES string of the molecule is CC(=O)Nc1ccc(C=CC(=O)c2cnn(-c3ccc(F)cc3)c2C)cc1. The molecule has 0 spiro atoms. The number of nitrogens with one attached hydrogen (secondary N) is 1. The van der Waals surface area contributed by atoms with Gasteiger partial charge in [-0.05, 0) is 55.0 Å². The fraction of sp³-hybridized carbons (Fsp3) is 0.0952. The zero-order valence-corrected chi connectivity index (χ0v) is 14.9. The summed E-state index contributed by atoms with van der Waals surface area (Å²) in [5.74, 6) is -0.638. The summed E-state index contributed by atoms with van der Waals surface area (Å²) in [5, 5.41) is 6.92. The molecule has 0 atom stereocenters. The molecule has 0 fully saturated rings. The van der Waals surface area contributed by atoms with Crippen molar-refractivity contribution in [3.8, 4) is 5.69 Å². The van der Waals surface area contributed by atoms with Crippen molar-refractivity contribution in [2.24, 2.45) is 0 Å². The number of ketones is 1. The van der Waals surface area contributed by atoms with Gasteiger partial charge in [0.25, 0.3) is 0 Å². The molecule has 136 valence electrons. The number of amides is 1. The van der Waals surface area contributed by atoms with Gasteiger partial charge in [-0.25, -0.2) is 9.07 Å². The van der Waals surface area contributed by atoms with Gasteiger partial charge in [-0.3, -0.25) is 9.59 Å². The third kappa shape index (κ3) is 4.36. The van der Waals surface area contributed by atoms with Gasteiger partial charge in [0, 0.05) is 12.6 Å². The molecule has 1 amide bonds. The predicted octanol–water partition coefficient (Wildman–Crippen LogP) is 4.17. The van der Waals surface area contributed by atoms with Gasteiger partial charge in [0.2, 0.25) is 5.91 Å². The summed E-state index contributed by atoms with van der Waals surface area (Å²) >= 11 is 0. The van der Waals surface area contributed by atoms with Gasteiger partial charge >= 0.3 is 0 Å². The van der Waals surface area contributed by atoms with Crippen LogP contribution in [0.4, 0.5) is 10.1 Å². The van der Waals surface area contributed by atoms with Gasteiger partial charge in [-0.15, -0.1) is 0 Å². The lowest BCUT2D eigenvalue weighted by atomic mass is 10.1. The fourth-order valence-corrected chi connectivity index (χ4v) is 2.64. The third-order valence-electron chi connectivity index (χ3n) is 4.00. The molecule has 6 heteroatoms. The smallest absolute Gasteiger partial charge is 0.221 e. The standard InChI is InChI=1S/C21H18FN3O2/c1-14-20(13-23-25(14)19-10-6-17(22)7-11-19)21(27)12-5-16-3-8-18(9-4-16)24-15(2)26/h3-13H,1-2H3,(H,24,26). The molecular formula is C21H18FN3O2. The molecule has 0 unspecified atom stereocenters. The Balaban J connectivity index is 1.75. The maximum Gasteiger partial charge on any atom is 0.221 e. The molecule has 1 aromatic heterocycles. The summed E-state index contributed by atoms with van der Waals surface area (Å²) in [5.41, 5.74) is 3.37. The molecule has 0 aliphatic carbocycles. The number of nitrogens with zero attached hydrogens (tertiary/aromatic N) is 2. The normalized spacial score (nSPS) is 10.9. The van der Waals surface area contributed by atoms with Crippen LogP contribution in [0.1, 0.15) is 28.5 Å². The van der Waals surface area contributed by atoms with E-state index in [4.69, 9.17) is 0 Å². The topological polar surface area (TPSA) is 64.0 Å². The van der Waals surface area contributed by atoms with E-state index < -0.39 is 0 Å². The van der Waals surface area contributed by atoms with Crippen LogP contribution >= 0.6 is 0 Å². The van der Waals surface area contributed by atoms with E-state index in [1.165, 1.54) is 31.3 Å². The molecule has 0 aliphatic heterocycles. The van der Waals surface area contributed by atoms with Crippen molar-refractivity contribution >= 4 is 23.5 Å². The number of hydrogen-bond acceptors (Lipinski definition) is 3. The minimum Gasteiger partial charge on any atom is -0.326 e. The second-order valence-electron chi connectivity index (χ2n) is 6.03. The van der Waals surface area contributed by atoms with E-state index in [1.54, 1.807) is 41.9 Å². The van der Waals surface area contributed by atoms with Crippen molar-refractivity contribution in [2.45, 2.75) is 13.8 Å². The van der Waals surface area contributed by atoms with Gasteiger partial charge in [0.1, 0.15) is 5.82 Å². The molecule has 2 aromatic carbocycles. The first-order valence-corrected chi connectivity index (χ1v) is 8.34. The minimum atomic E-state index is -0.327. The Morgan fingerprint density at radius 3 is 2.37 bits per heavy atom. The number of rotatable bonds is 5. The number of carbonyl (C=O) groups is 2. The summed E-state index contributed by atoms with van der Waals surface area (Å²) in [7, 11) is 0. The number of hydrogen-bond donors (Lipinski definition) is 1. The Labute approximate surface area is 156 Å². The number of allylic oxidation sites excluding steroid dienone is 1. The highest BCUT2D eigenvalue weighted by atomic mass is 19.1. The van der Waals surface area contributed by atoms with Crippen LogP contribution < -0.4 is 5.32 Å². The Bertz CT molecular complexity index is 1000. The van der Waals surface area contributed by atoms with E-state index in [-0.39, 0.29) is 17.5 Å². The molecule has 3 aromatic rings. The molecule has 0 aliphatic rings. The lowest BCUT2D eigenvalue weighted by Gasteiger charge is -2.04. The summed E-state index contributed by atoms with van der Waals surface area (Å²) in [4.78, 5) is 23.5. The van der Waals surface area contributed by atoms with Crippen molar-refractivity contribution in [2.75, 3.05) is 5.32 Å². The molecule has 5 nitrogen and oxygen atoms in total. The number of benzene rings is 2.